The maximum atomic E-state index is 16.9. The van der Waals surface area contributed by atoms with Crippen LogP contribution in [-0.4, -0.2) is 28.4 Å². The molecule has 0 saturated heterocycles. The molecule has 144 valence electrons. The zero-order valence-corrected chi connectivity index (χ0v) is 16.3. The van der Waals surface area contributed by atoms with Crippen molar-refractivity contribution >= 4 is 11.6 Å². The molecule has 0 amide bonds. The molecular weight excluding hydrogens is 331 g/mol. The van der Waals surface area contributed by atoms with Crippen LogP contribution < -0.4 is 0 Å². The molecule has 1 N–H and O–H groups in total. The molecule has 0 unspecified atom stereocenters. The minimum absolute atomic E-state index is 0.0664. The Morgan fingerprint density at radius 3 is 2.54 bits per heavy atom. The number of hydrogen-bond donors (Lipinski definition) is 1. The highest BCUT2D eigenvalue weighted by atomic mass is 19.1. The number of aliphatic hydroxyl groups is 1. The van der Waals surface area contributed by atoms with Crippen LogP contribution in [0, 0.1) is 34.5 Å². The van der Waals surface area contributed by atoms with E-state index < -0.39 is 17.2 Å². The molecule has 3 saturated carbocycles. The predicted octanol–water partition coefficient (Wildman–Crippen LogP) is 4.03. The second-order valence-corrected chi connectivity index (χ2v) is 10.00. The number of hydrogen-bond acceptors (Lipinski definition) is 3. The molecule has 0 heterocycles. The van der Waals surface area contributed by atoms with Crippen LogP contribution in [0.5, 0.6) is 0 Å². The van der Waals surface area contributed by atoms with E-state index in [1.54, 1.807) is 13.0 Å². The third-order valence-electron chi connectivity index (χ3n) is 8.84. The molecule has 0 spiro atoms. The first-order chi connectivity index (χ1) is 12.1. The van der Waals surface area contributed by atoms with Crippen LogP contribution in [0.4, 0.5) is 4.39 Å². The van der Waals surface area contributed by atoms with E-state index in [1.165, 1.54) is 0 Å². The minimum Gasteiger partial charge on any atom is -0.390 e. The van der Waals surface area contributed by atoms with Crippen molar-refractivity contribution in [3.05, 3.63) is 11.6 Å². The first kappa shape index (κ1) is 18.3. The molecule has 3 nitrogen and oxygen atoms in total. The molecule has 4 heteroatoms. The van der Waals surface area contributed by atoms with Crippen molar-refractivity contribution in [3.8, 4) is 0 Å². The number of allylic oxidation sites excluding steroid dienone is 1. The van der Waals surface area contributed by atoms with Crippen LogP contribution >= 0.6 is 0 Å². The Morgan fingerprint density at radius 1 is 1.19 bits per heavy atom. The second-order valence-electron chi connectivity index (χ2n) is 10.00. The summed E-state index contributed by atoms with van der Waals surface area (Å²) in [5, 5.41) is 11.1. The van der Waals surface area contributed by atoms with Gasteiger partial charge in [-0.1, -0.05) is 26.3 Å². The smallest absolute Gasteiger partial charge is 0.158 e. The highest BCUT2D eigenvalue weighted by molar-refractivity contribution is 5.93. The van der Waals surface area contributed by atoms with Crippen molar-refractivity contribution in [1.82, 2.24) is 0 Å². The third kappa shape index (κ3) is 2.03. The molecular formula is C22H31FO3. The van der Waals surface area contributed by atoms with Crippen LogP contribution in [0.1, 0.15) is 66.2 Å². The van der Waals surface area contributed by atoms with E-state index in [2.05, 4.69) is 6.92 Å². The molecule has 0 aliphatic heterocycles. The lowest BCUT2D eigenvalue weighted by molar-refractivity contribution is -0.210. The van der Waals surface area contributed by atoms with E-state index >= 15 is 4.39 Å². The van der Waals surface area contributed by atoms with Crippen molar-refractivity contribution in [1.29, 1.82) is 0 Å². The minimum atomic E-state index is -1.71. The number of Topliss-reactive ketones (excluding diaryl/α,β-unsaturated/α-hetero) is 1. The largest absolute Gasteiger partial charge is 0.390 e. The lowest BCUT2D eigenvalue weighted by Crippen LogP contribution is -2.67. The zero-order chi connectivity index (χ0) is 19.1. The highest BCUT2D eigenvalue weighted by Gasteiger charge is 2.71. The van der Waals surface area contributed by atoms with Gasteiger partial charge in [0.15, 0.2) is 5.78 Å². The number of carbonyl (C=O) groups excluding carboxylic acids is 2. The predicted molar refractivity (Wildman–Crippen MR) is 97.2 cm³/mol. The van der Waals surface area contributed by atoms with Gasteiger partial charge in [-0.3, -0.25) is 9.59 Å². The Bertz CT molecular complexity index is 700. The lowest BCUT2D eigenvalue weighted by atomic mass is 9.43. The third-order valence-corrected chi connectivity index (χ3v) is 8.84. The van der Waals surface area contributed by atoms with Crippen LogP contribution in [0.25, 0.3) is 0 Å². The number of rotatable bonds is 1. The van der Waals surface area contributed by atoms with Gasteiger partial charge in [-0.2, -0.15) is 0 Å². The van der Waals surface area contributed by atoms with Gasteiger partial charge in [0.05, 0.1) is 6.10 Å². The molecule has 0 bridgehead atoms. The van der Waals surface area contributed by atoms with E-state index in [4.69, 9.17) is 0 Å². The fraction of sp³-hybridized carbons (Fsp3) is 0.818. The van der Waals surface area contributed by atoms with Crippen LogP contribution in [0.3, 0.4) is 0 Å². The number of carbonyl (C=O) groups is 2. The molecule has 8 atom stereocenters. The van der Waals surface area contributed by atoms with Gasteiger partial charge in [0.2, 0.25) is 0 Å². The van der Waals surface area contributed by atoms with Crippen LogP contribution in [0.15, 0.2) is 11.6 Å². The summed E-state index contributed by atoms with van der Waals surface area (Å²) in [5.41, 5.74) is -1.90. The average Bonchev–Trinajstić information content (AvgIpc) is 2.88. The number of halogens is 1. The molecule has 0 aromatic carbocycles. The van der Waals surface area contributed by atoms with E-state index in [-0.39, 0.29) is 40.7 Å². The van der Waals surface area contributed by atoms with E-state index in [0.29, 0.717) is 19.3 Å². The topological polar surface area (TPSA) is 54.4 Å². The number of aliphatic hydroxyl groups excluding tert-OH is 1. The van der Waals surface area contributed by atoms with Gasteiger partial charge >= 0.3 is 0 Å². The molecule has 0 aromatic rings. The Balaban J connectivity index is 1.80. The van der Waals surface area contributed by atoms with E-state index in [1.807, 2.05) is 13.8 Å². The fourth-order valence-corrected chi connectivity index (χ4v) is 7.56. The Labute approximate surface area is 155 Å². The van der Waals surface area contributed by atoms with Gasteiger partial charge in [-0.25, -0.2) is 4.39 Å². The molecule has 26 heavy (non-hydrogen) atoms. The summed E-state index contributed by atoms with van der Waals surface area (Å²) in [7, 11) is 0. The molecule has 4 aliphatic rings. The number of fused-ring (bicyclic) bond motifs is 5. The van der Waals surface area contributed by atoms with Crippen molar-refractivity contribution < 1.29 is 19.1 Å². The van der Waals surface area contributed by atoms with Crippen molar-refractivity contribution in [2.75, 3.05) is 0 Å². The fourth-order valence-electron chi connectivity index (χ4n) is 7.56. The Hall–Kier alpha value is -1.03. The average molecular weight is 362 g/mol. The number of ketones is 2. The standard InChI is InChI=1S/C22H31FO3/c1-12-10-21(4)14(9-18(12)25)5-6-17-16-8-7-15(13(2)24)20(16,3)11-19(26)22(17,21)23/h9,12,15-17,19,26H,5-8,10-11H2,1-4H3/t12-,15-,16+,17+,19+,20-,21+,22+/m1/s1. The van der Waals surface area contributed by atoms with Crippen LogP contribution in [0.2, 0.25) is 0 Å². The Morgan fingerprint density at radius 2 is 1.88 bits per heavy atom. The van der Waals surface area contributed by atoms with Crippen molar-refractivity contribution in [2.24, 2.45) is 34.5 Å². The van der Waals surface area contributed by atoms with Gasteiger partial charge in [-0.15, -0.1) is 0 Å². The van der Waals surface area contributed by atoms with Crippen LogP contribution in [-0.2, 0) is 9.59 Å². The summed E-state index contributed by atoms with van der Waals surface area (Å²) < 4.78 is 16.9. The van der Waals surface area contributed by atoms with Gasteiger partial charge in [-0.05, 0) is 62.9 Å². The monoisotopic (exact) mass is 362 g/mol. The molecule has 4 aliphatic carbocycles. The molecule has 0 aromatic heterocycles. The maximum Gasteiger partial charge on any atom is 0.158 e. The maximum absolute atomic E-state index is 16.9. The molecule has 4 rings (SSSR count). The quantitative estimate of drug-likeness (QED) is 0.766. The normalized spacial score (nSPS) is 53.4. The van der Waals surface area contributed by atoms with Gasteiger partial charge in [0, 0.05) is 23.2 Å². The summed E-state index contributed by atoms with van der Waals surface area (Å²) in [5.74, 6) is -0.105. The highest BCUT2D eigenvalue weighted by Crippen LogP contribution is 2.69. The van der Waals surface area contributed by atoms with Gasteiger partial charge < -0.3 is 5.11 Å². The second kappa shape index (κ2) is 5.50. The molecule has 0 radical (unpaired) electrons. The lowest BCUT2D eigenvalue weighted by Gasteiger charge is -2.63. The van der Waals surface area contributed by atoms with E-state index in [0.717, 1.165) is 24.8 Å². The first-order valence-electron chi connectivity index (χ1n) is 10.2. The van der Waals surface area contributed by atoms with Gasteiger partial charge in [0.1, 0.15) is 11.5 Å². The van der Waals surface area contributed by atoms with Gasteiger partial charge in [0.25, 0.3) is 0 Å². The summed E-state index contributed by atoms with van der Waals surface area (Å²) >= 11 is 0. The number of alkyl halides is 1. The summed E-state index contributed by atoms with van der Waals surface area (Å²) in [6.45, 7) is 7.53. The Kier molecular flexibility index (Phi) is 3.88. The molecule has 3 fully saturated rings. The summed E-state index contributed by atoms with van der Waals surface area (Å²) in [4.78, 5) is 24.4. The zero-order valence-electron chi connectivity index (χ0n) is 16.3. The summed E-state index contributed by atoms with van der Waals surface area (Å²) in [6.07, 6.45) is 4.48. The SMILES string of the molecule is CC(=O)[C@H]1CC[C@H]2[C@@H]3CCC4=CC(=O)[C@H](C)C[C@]4(C)[C@@]3(F)[C@@H](O)C[C@]12C. The van der Waals surface area contributed by atoms with Crippen molar-refractivity contribution in [2.45, 2.75) is 78.0 Å². The van der Waals surface area contributed by atoms with E-state index in [9.17, 15) is 14.7 Å². The first-order valence-corrected chi connectivity index (χ1v) is 10.2. The summed E-state index contributed by atoms with van der Waals surface area (Å²) in [6, 6.07) is 0. The van der Waals surface area contributed by atoms with Crippen molar-refractivity contribution in [3.63, 3.8) is 0 Å².